The highest BCUT2D eigenvalue weighted by atomic mass is 14.3. The number of rotatable bonds is 0. The summed E-state index contributed by atoms with van der Waals surface area (Å²) in [6.07, 6.45) is 9.26. The highest BCUT2D eigenvalue weighted by molar-refractivity contribution is 6.41. The van der Waals surface area contributed by atoms with Gasteiger partial charge in [-0.05, 0) is 0 Å². The summed E-state index contributed by atoms with van der Waals surface area (Å²) in [4.78, 5) is 0. The second kappa shape index (κ2) is 2.36. The molecule has 1 heteroatoms. The molecule has 0 aromatic rings. The van der Waals surface area contributed by atoms with Crippen molar-refractivity contribution in [3.8, 4) is 0 Å². The van der Waals surface area contributed by atoms with Crippen molar-refractivity contribution < 1.29 is 0 Å². The van der Waals surface area contributed by atoms with Crippen molar-refractivity contribution in [1.82, 2.24) is 0 Å². The van der Waals surface area contributed by atoms with Gasteiger partial charge in [0.05, 0.1) is 0 Å². The van der Waals surface area contributed by atoms with E-state index in [9.17, 15) is 0 Å². The van der Waals surface area contributed by atoms with Crippen LogP contribution in [0, 0.1) is 5.92 Å². The SMILES string of the molecule is B1CC2CCCCCC12. The first-order valence-electron chi connectivity index (χ1n) is 4.47. The second-order valence-corrected chi connectivity index (χ2v) is 3.74. The van der Waals surface area contributed by atoms with Crippen LogP contribution >= 0.6 is 0 Å². The lowest BCUT2D eigenvalue weighted by molar-refractivity contribution is 0.451. The van der Waals surface area contributed by atoms with E-state index in [1.165, 1.54) is 31.0 Å². The van der Waals surface area contributed by atoms with Crippen LogP contribution in [0.15, 0.2) is 0 Å². The molecule has 2 fully saturated rings. The Balaban J connectivity index is 1.90. The first kappa shape index (κ1) is 5.82. The van der Waals surface area contributed by atoms with E-state index in [1.54, 1.807) is 26.4 Å². The predicted octanol–water partition coefficient (Wildman–Crippen LogP) is 2.22. The summed E-state index contributed by atoms with van der Waals surface area (Å²) in [5.74, 6) is 2.35. The van der Waals surface area contributed by atoms with E-state index in [4.69, 9.17) is 0 Å². The Kier molecular flexibility index (Phi) is 1.53. The minimum Gasteiger partial charge on any atom is -0.0747 e. The fourth-order valence-electron chi connectivity index (χ4n) is 2.39. The van der Waals surface area contributed by atoms with Crippen LogP contribution in [0.4, 0.5) is 0 Å². The minimum absolute atomic E-state index is 1.17. The van der Waals surface area contributed by atoms with E-state index in [2.05, 4.69) is 0 Å². The van der Waals surface area contributed by atoms with E-state index in [-0.39, 0.29) is 0 Å². The fourth-order valence-corrected chi connectivity index (χ4v) is 2.39. The molecule has 1 aliphatic heterocycles. The van der Waals surface area contributed by atoms with Crippen molar-refractivity contribution in [2.75, 3.05) is 0 Å². The third kappa shape index (κ3) is 1.02. The Morgan fingerprint density at radius 1 is 1.00 bits per heavy atom. The highest BCUT2D eigenvalue weighted by Crippen LogP contribution is 2.43. The van der Waals surface area contributed by atoms with E-state index < -0.39 is 0 Å². The van der Waals surface area contributed by atoms with Gasteiger partial charge >= 0.3 is 0 Å². The van der Waals surface area contributed by atoms with Crippen molar-refractivity contribution in [3.05, 3.63) is 0 Å². The molecule has 0 radical (unpaired) electrons. The van der Waals surface area contributed by atoms with Crippen LogP contribution in [0.25, 0.3) is 0 Å². The summed E-state index contributed by atoms with van der Waals surface area (Å²) in [7, 11) is 1.56. The molecule has 50 valence electrons. The summed E-state index contributed by atoms with van der Waals surface area (Å²) >= 11 is 0. The average Bonchev–Trinajstić information content (AvgIpc) is 1.94. The van der Waals surface area contributed by atoms with Crippen molar-refractivity contribution in [3.63, 3.8) is 0 Å². The quantitative estimate of drug-likeness (QED) is 0.432. The molecule has 2 unspecified atom stereocenters. The standard InChI is InChI=1S/C8H15B/c1-2-4-7-6-9-8(7)5-3-1/h7-9H,1-6H2. The number of hydrogen-bond donors (Lipinski definition) is 0. The zero-order valence-corrected chi connectivity index (χ0v) is 6.10. The zero-order valence-electron chi connectivity index (χ0n) is 6.10. The number of fused-ring (bicyclic) bond motifs is 1. The van der Waals surface area contributed by atoms with Crippen LogP contribution in [0.3, 0.4) is 0 Å². The summed E-state index contributed by atoms with van der Waals surface area (Å²) < 4.78 is 0. The Morgan fingerprint density at radius 2 is 1.89 bits per heavy atom. The maximum absolute atomic E-state index is 1.56. The molecule has 2 rings (SSSR count). The van der Waals surface area contributed by atoms with Crippen molar-refractivity contribution in [1.29, 1.82) is 0 Å². The molecule has 9 heavy (non-hydrogen) atoms. The normalized spacial score (nSPS) is 41.8. The molecular weight excluding hydrogens is 107 g/mol. The lowest BCUT2D eigenvalue weighted by Crippen LogP contribution is -2.26. The Hall–Kier alpha value is 0.0649. The molecule has 1 saturated carbocycles. The monoisotopic (exact) mass is 122 g/mol. The molecule has 0 aromatic carbocycles. The van der Waals surface area contributed by atoms with Gasteiger partial charge in [-0.2, -0.15) is 0 Å². The second-order valence-electron chi connectivity index (χ2n) is 3.74. The Labute approximate surface area is 58.3 Å². The van der Waals surface area contributed by atoms with Crippen molar-refractivity contribution in [2.45, 2.75) is 44.2 Å². The summed E-state index contributed by atoms with van der Waals surface area (Å²) in [5, 5.41) is 0. The predicted molar refractivity (Wildman–Crippen MR) is 42.3 cm³/mol. The summed E-state index contributed by atoms with van der Waals surface area (Å²) in [5.41, 5.74) is 0. The van der Waals surface area contributed by atoms with Crippen LogP contribution in [-0.2, 0) is 0 Å². The molecule has 1 heterocycles. The van der Waals surface area contributed by atoms with E-state index in [1.807, 2.05) is 0 Å². The molecule has 1 saturated heterocycles. The fraction of sp³-hybridized carbons (Fsp3) is 1.00. The van der Waals surface area contributed by atoms with Crippen LogP contribution in [-0.4, -0.2) is 7.28 Å². The molecular formula is C8H15B. The smallest absolute Gasteiger partial charge is 0.0747 e. The molecule has 0 nitrogen and oxygen atoms in total. The molecule has 0 spiro atoms. The van der Waals surface area contributed by atoms with Crippen molar-refractivity contribution >= 4 is 7.28 Å². The van der Waals surface area contributed by atoms with Gasteiger partial charge in [0.15, 0.2) is 0 Å². The first-order chi connectivity index (χ1) is 4.47. The molecule has 0 amide bonds. The van der Waals surface area contributed by atoms with Crippen LogP contribution in [0.5, 0.6) is 0 Å². The molecule has 1 aliphatic carbocycles. The van der Waals surface area contributed by atoms with E-state index in [0.29, 0.717) is 0 Å². The third-order valence-corrected chi connectivity index (χ3v) is 3.22. The van der Waals surface area contributed by atoms with E-state index >= 15 is 0 Å². The minimum atomic E-state index is 1.17. The summed E-state index contributed by atoms with van der Waals surface area (Å²) in [6.45, 7) is 0. The van der Waals surface area contributed by atoms with E-state index in [0.717, 1.165) is 0 Å². The largest absolute Gasteiger partial charge is 0.124 e. The van der Waals surface area contributed by atoms with Gasteiger partial charge in [-0.25, -0.2) is 0 Å². The van der Waals surface area contributed by atoms with Crippen molar-refractivity contribution in [2.24, 2.45) is 5.92 Å². The first-order valence-corrected chi connectivity index (χ1v) is 4.47. The molecule has 0 aromatic heterocycles. The molecule has 2 aliphatic rings. The van der Waals surface area contributed by atoms with Crippen LogP contribution < -0.4 is 0 Å². The molecule has 0 bridgehead atoms. The van der Waals surface area contributed by atoms with Crippen LogP contribution in [0.1, 0.15) is 32.1 Å². The maximum Gasteiger partial charge on any atom is 0.124 e. The third-order valence-electron chi connectivity index (χ3n) is 3.22. The van der Waals surface area contributed by atoms with Gasteiger partial charge in [0.1, 0.15) is 7.28 Å². The zero-order chi connectivity index (χ0) is 6.10. The highest BCUT2D eigenvalue weighted by Gasteiger charge is 2.31. The Morgan fingerprint density at radius 3 is 2.67 bits per heavy atom. The molecule has 2 atom stereocenters. The maximum atomic E-state index is 1.56. The number of hydrogen-bond acceptors (Lipinski definition) is 0. The lowest BCUT2D eigenvalue weighted by atomic mass is 9.41. The summed E-state index contributed by atoms with van der Waals surface area (Å²) in [6, 6.07) is 0. The van der Waals surface area contributed by atoms with Gasteiger partial charge in [-0.15, -0.1) is 0 Å². The van der Waals surface area contributed by atoms with Gasteiger partial charge in [0.25, 0.3) is 0 Å². The topological polar surface area (TPSA) is 0 Å². The van der Waals surface area contributed by atoms with Gasteiger partial charge in [0, 0.05) is 0 Å². The Bertz CT molecular complexity index is 88.7. The molecule has 0 N–H and O–H groups in total. The van der Waals surface area contributed by atoms with Gasteiger partial charge in [-0.3, -0.25) is 0 Å². The van der Waals surface area contributed by atoms with Gasteiger partial charge in [0.2, 0.25) is 0 Å². The lowest BCUT2D eigenvalue weighted by Gasteiger charge is -2.34. The average molecular weight is 122 g/mol. The van der Waals surface area contributed by atoms with Gasteiger partial charge < -0.3 is 0 Å². The van der Waals surface area contributed by atoms with Gasteiger partial charge in [-0.1, -0.05) is 50.2 Å². The van der Waals surface area contributed by atoms with Crippen LogP contribution in [0.2, 0.25) is 12.1 Å².